The van der Waals surface area contributed by atoms with Gasteiger partial charge in [-0.2, -0.15) is 0 Å². The number of methoxy groups -OCH3 is 1. The quantitative estimate of drug-likeness (QED) is 0.672. The highest BCUT2D eigenvalue weighted by Gasteiger charge is 2.20. The Balaban J connectivity index is 2.04. The minimum absolute atomic E-state index is 0.0702. The molecular weight excluding hydrogens is 298 g/mol. The fourth-order valence-corrected chi connectivity index (χ4v) is 2.89. The number of aryl methyl sites for hydroxylation is 1. The summed E-state index contributed by atoms with van der Waals surface area (Å²) in [5.74, 6) is 2.81. The first-order valence-electron chi connectivity index (χ1n) is 8.06. The van der Waals surface area contributed by atoms with Gasteiger partial charge in [0.25, 0.3) is 0 Å². The van der Waals surface area contributed by atoms with Crippen LogP contribution in [-0.4, -0.2) is 21.2 Å². The molecule has 124 valence electrons. The topological polar surface area (TPSA) is 25.6 Å². The average Bonchev–Trinajstić information content (AvgIpc) is 3.02. The number of hydrogen-bond donors (Lipinski definition) is 0. The minimum Gasteiger partial charge on any atom is -0.497 e. The summed E-state index contributed by atoms with van der Waals surface area (Å²) >= 11 is 0. The number of anilines is 1. The monoisotopic (exact) mass is 321 g/mol. The summed E-state index contributed by atoms with van der Waals surface area (Å²) < 4.78 is 11.2. The molecule has 3 rings (SSSR count). The van der Waals surface area contributed by atoms with Crippen molar-refractivity contribution in [1.29, 1.82) is 0 Å². The summed E-state index contributed by atoms with van der Waals surface area (Å²) in [4.78, 5) is 2.10. The van der Waals surface area contributed by atoms with E-state index < -0.39 is 0 Å². The second kappa shape index (κ2) is 6.83. The highest BCUT2D eigenvalue weighted by molar-refractivity contribution is 5.50. The van der Waals surface area contributed by atoms with Crippen LogP contribution in [0.25, 0.3) is 0 Å². The van der Waals surface area contributed by atoms with Gasteiger partial charge in [0, 0.05) is 19.8 Å². The highest BCUT2D eigenvalue weighted by Crippen LogP contribution is 2.34. The Bertz CT molecular complexity index is 785. The fourth-order valence-electron chi connectivity index (χ4n) is 2.89. The zero-order chi connectivity index (χ0) is 17.1. The van der Waals surface area contributed by atoms with Gasteiger partial charge in [-0.05, 0) is 54.4 Å². The molecule has 0 spiro atoms. The van der Waals surface area contributed by atoms with E-state index in [9.17, 15) is 0 Å². The van der Waals surface area contributed by atoms with Crippen molar-refractivity contribution in [2.75, 3.05) is 26.1 Å². The zero-order valence-electron chi connectivity index (χ0n) is 14.6. The molecule has 0 bridgehead atoms. The van der Waals surface area contributed by atoms with Crippen molar-refractivity contribution in [1.82, 2.24) is 0 Å². The van der Waals surface area contributed by atoms with Crippen LogP contribution in [0, 0.1) is 6.92 Å². The van der Waals surface area contributed by atoms with Gasteiger partial charge in [-0.1, -0.05) is 24.3 Å². The third-order valence-electron chi connectivity index (χ3n) is 4.24. The van der Waals surface area contributed by atoms with Crippen LogP contribution in [0.3, 0.4) is 0 Å². The normalized spacial score (nSPS) is 12.0. The van der Waals surface area contributed by atoms with Crippen LogP contribution < -0.4 is 9.64 Å². The van der Waals surface area contributed by atoms with Crippen molar-refractivity contribution in [3.05, 3.63) is 83.3 Å². The van der Waals surface area contributed by atoms with E-state index in [2.05, 4.69) is 47.4 Å². The molecule has 0 saturated carbocycles. The molecule has 1 aromatic heterocycles. The van der Waals surface area contributed by atoms with Crippen molar-refractivity contribution in [3.8, 4) is 5.75 Å². The highest BCUT2D eigenvalue weighted by atomic mass is 16.5. The standard InChI is InChI=1S/C21H23NO2/c1-15-5-14-20(24-15)21(17-8-12-19(23-4)13-9-17)16-6-10-18(11-7-16)22(2)3/h5-14,21H,1-4H3. The molecule has 0 aliphatic rings. The minimum atomic E-state index is 0.0702. The first kappa shape index (κ1) is 16.2. The largest absolute Gasteiger partial charge is 0.497 e. The van der Waals surface area contributed by atoms with Crippen LogP contribution in [0.15, 0.2) is 65.1 Å². The predicted octanol–water partition coefficient (Wildman–Crippen LogP) is 4.84. The van der Waals surface area contributed by atoms with Gasteiger partial charge < -0.3 is 14.1 Å². The van der Waals surface area contributed by atoms with Gasteiger partial charge in [0.2, 0.25) is 0 Å². The molecular formula is C21H23NO2. The summed E-state index contributed by atoms with van der Waals surface area (Å²) in [7, 11) is 5.78. The van der Waals surface area contributed by atoms with Crippen molar-refractivity contribution in [3.63, 3.8) is 0 Å². The van der Waals surface area contributed by atoms with Gasteiger partial charge in [-0.15, -0.1) is 0 Å². The Hall–Kier alpha value is -2.68. The van der Waals surface area contributed by atoms with Crippen molar-refractivity contribution < 1.29 is 9.15 Å². The molecule has 0 aliphatic carbocycles. The number of rotatable bonds is 5. The Kier molecular flexibility index (Phi) is 4.61. The van der Waals surface area contributed by atoms with Gasteiger partial charge in [0.15, 0.2) is 0 Å². The first-order valence-corrected chi connectivity index (χ1v) is 8.06. The molecule has 0 N–H and O–H groups in total. The van der Waals surface area contributed by atoms with Crippen LogP contribution in [-0.2, 0) is 0 Å². The van der Waals surface area contributed by atoms with Gasteiger partial charge in [0.1, 0.15) is 17.3 Å². The molecule has 0 radical (unpaired) electrons. The van der Waals surface area contributed by atoms with Crippen LogP contribution in [0.5, 0.6) is 5.75 Å². The van der Waals surface area contributed by atoms with E-state index in [0.29, 0.717) is 0 Å². The lowest BCUT2D eigenvalue weighted by atomic mass is 9.89. The molecule has 0 amide bonds. The molecule has 3 nitrogen and oxygen atoms in total. The molecule has 1 heterocycles. The van der Waals surface area contributed by atoms with E-state index in [-0.39, 0.29) is 5.92 Å². The molecule has 3 heteroatoms. The fraction of sp³-hybridized carbons (Fsp3) is 0.238. The van der Waals surface area contributed by atoms with Crippen LogP contribution >= 0.6 is 0 Å². The Morgan fingerprint density at radius 1 is 0.833 bits per heavy atom. The van der Waals surface area contributed by atoms with Crippen LogP contribution in [0.1, 0.15) is 28.6 Å². The summed E-state index contributed by atoms with van der Waals surface area (Å²) in [6.07, 6.45) is 0. The molecule has 0 aliphatic heterocycles. The molecule has 24 heavy (non-hydrogen) atoms. The van der Waals surface area contributed by atoms with Gasteiger partial charge in [-0.3, -0.25) is 0 Å². The van der Waals surface area contributed by atoms with Crippen molar-refractivity contribution >= 4 is 5.69 Å². The Morgan fingerprint density at radius 2 is 1.42 bits per heavy atom. The lowest BCUT2D eigenvalue weighted by Gasteiger charge is -2.18. The van der Waals surface area contributed by atoms with Crippen molar-refractivity contribution in [2.24, 2.45) is 0 Å². The lowest BCUT2D eigenvalue weighted by Crippen LogP contribution is -2.09. The average molecular weight is 321 g/mol. The third kappa shape index (κ3) is 3.30. The molecule has 3 aromatic rings. The van der Waals surface area contributed by atoms with Gasteiger partial charge in [-0.25, -0.2) is 0 Å². The van der Waals surface area contributed by atoms with Gasteiger partial charge in [0.05, 0.1) is 13.0 Å². The lowest BCUT2D eigenvalue weighted by molar-refractivity contribution is 0.414. The number of ether oxygens (including phenoxy) is 1. The molecule has 0 saturated heterocycles. The number of hydrogen-bond acceptors (Lipinski definition) is 3. The maximum absolute atomic E-state index is 5.95. The summed E-state index contributed by atoms with van der Waals surface area (Å²) in [5.41, 5.74) is 3.57. The summed E-state index contributed by atoms with van der Waals surface area (Å²) in [6, 6.07) is 20.9. The predicted molar refractivity (Wildman–Crippen MR) is 98.2 cm³/mol. The SMILES string of the molecule is COc1ccc(C(c2ccc(N(C)C)cc2)c2ccc(C)o2)cc1. The number of benzene rings is 2. The first-order chi connectivity index (χ1) is 11.6. The summed E-state index contributed by atoms with van der Waals surface area (Å²) in [5, 5.41) is 0. The number of furan rings is 1. The molecule has 1 atom stereocenters. The van der Waals surface area contributed by atoms with E-state index in [4.69, 9.17) is 9.15 Å². The van der Waals surface area contributed by atoms with Crippen molar-refractivity contribution in [2.45, 2.75) is 12.8 Å². The van der Waals surface area contributed by atoms with E-state index in [1.165, 1.54) is 16.8 Å². The smallest absolute Gasteiger partial charge is 0.118 e. The second-order valence-corrected chi connectivity index (χ2v) is 6.14. The third-order valence-corrected chi connectivity index (χ3v) is 4.24. The molecule has 1 unspecified atom stereocenters. The van der Waals surface area contributed by atoms with E-state index in [1.807, 2.05) is 39.2 Å². The Morgan fingerprint density at radius 3 is 1.88 bits per heavy atom. The second-order valence-electron chi connectivity index (χ2n) is 6.14. The molecule has 2 aromatic carbocycles. The number of nitrogens with zero attached hydrogens (tertiary/aromatic N) is 1. The van der Waals surface area contributed by atoms with Crippen LogP contribution in [0.2, 0.25) is 0 Å². The maximum Gasteiger partial charge on any atom is 0.118 e. The zero-order valence-corrected chi connectivity index (χ0v) is 14.6. The van der Waals surface area contributed by atoms with E-state index in [1.54, 1.807) is 7.11 Å². The summed E-state index contributed by atoms with van der Waals surface area (Å²) in [6.45, 7) is 1.98. The van der Waals surface area contributed by atoms with Crippen LogP contribution in [0.4, 0.5) is 5.69 Å². The van der Waals surface area contributed by atoms with E-state index >= 15 is 0 Å². The Labute approximate surface area is 143 Å². The van der Waals surface area contributed by atoms with Gasteiger partial charge >= 0.3 is 0 Å². The molecule has 0 fully saturated rings. The van der Waals surface area contributed by atoms with E-state index in [0.717, 1.165) is 17.3 Å². The maximum atomic E-state index is 5.95.